The summed E-state index contributed by atoms with van der Waals surface area (Å²) >= 11 is 0. The van der Waals surface area contributed by atoms with Crippen LogP contribution in [-0.4, -0.2) is 125 Å². The maximum absolute atomic E-state index is 12.6. The summed E-state index contributed by atoms with van der Waals surface area (Å²) in [6.07, 6.45) is 2.17. The number of esters is 2. The Morgan fingerprint density at radius 3 is 2.25 bits per heavy atom. The number of hydrogen-bond donors (Lipinski definition) is 2. The summed E-state index contributed by atoms with van der Waals surface area (Å²) in [6, 6.07) is -0.708. The van der Waals surface area contributed by atoms with Gasteiger partial charge in [0.15, 0.2) is 0 Å². The van der Waals surface area contributed by atoms with E-state index in [2.05, 4.69) is 32.2 Å². The molecule has 0 aromatic carbocycles. The van der Waals surface area contributed by atoms with Crippen molar-refractivity contribution in [1.29, 1.82) is 0 Å². The number of carbonyl (C=O) groups excluding carboxylic acids is 4. The first kappa shape index (κ1) is 27.8. The van der Waals surface area contributed by atoms with Gasteiger partial charge in [0.05, 0.1) is 27.3 Å². The van der Waals surface area contributed by atoms with Crippen molar-refractivity contribution in [1.82, 2.24) is 25.3 Å². The van der Waals surface area contributed by atoms with Crippen LogP contribution >= 0.6 is 0 Å². The van der Waals surface area contributed by atoms with E-state index in [-0.39, 0.29) is 31.4 Å². The van der Waals surface area contributed by atoms with Gasteiger partial charge in [-0.25, -0.2) is 4.79 Å². The number of hydrogen-bond acceptors (Lipinski definition) is 9. The van der Waals surface area contributed by atoms with Crippen molar-refractivity contribution < 1.29 is 28.7 Å². The molecular weight excluding hydrogens is 418 g/mol. The van der Waals surface area contributed by atoms with Crippen molar-refractivity contribution in [3.05, 3.63) is 0 Å². The van der Waals surface area contributed by atoms with E-state index in [0.29, 0.717) is 19.5 Å². The highest BCUT2D eigenvalue weighted by Gasteiger charge is 2.23. The third-order valence-electron chi connectivity index (χ3n) is 5.39. The first-order chi connectivity index (χ1) is 15.3. The molecule has 0 aliphatic carbocycles. The van der Waals surface area contributed by atoms with Gasteiger partial charge in [-0.1, -0.05) is 19.8 Å². The Bertz CT molecular complexity index is 609. The van der Waals surface area contributed by atoms with Crippen molar-refractivity contribution in [3.63, 3.8) is 0 Å². The summed E-state index contributed by atoms with van der Waals surface area (Å²) in [5, 5.41) is 5.22. The lowest BCUT2D eigenvalue weighted by Gasteiger charge is -2.33. The number of rotatable bonds is 14. The lowest BCUT2D eigenvalue weighted by molar-refractivity contribution is -0.145. The van der Waals surface area contributed by atoms with Crippen LogP contribution in [0.1, 0.15) is 26.2 Å². The molecule has 184 valence electrons. The molecule has 32 heavy (non-hydrogen) atoms. The number of likely N-dealkylation sites (N-methyl/N-ethyl adjacent to an activating group) is 1. The molecule has 11 nitrogen and oxygen atoms in total. The van der Waals surface area contributed by atoms with Gasteiger partial charge < -0.3 is 25.0 Å². The van der Waals surface area contributed by atoms with Crippen LogP contribution in [0.2, 0.25) is 0 Å². The number of unbranched alkanes of at least 4 members (excludes halogenated alkanes) is 1. The Balaban J connectivity index is 2.67. The van der Waals surface area contributed by atoms with Gasteiger partial charge in [-0.3, -0.25) is 24.2 Å². The van der Waals surface area contributed by atoms with E-state index >= 15 is 0 Å². The SMILES string of the molecule is CCCCC(NC(=O)CN(CCN1CCN(C)CC1)CC(=O)NCC(=O)OC)C(=O)OC. The molecule has 1 unspecified atom stereocenters. The van der Waals surface area contributed by atoms with E-state index in [1.165, 1.54) is 14.2 Å². The lowest BCUT2D eigenvalue weighted by atomic mass is 10.1. The van der Waals surface area contributed by atoms with Crippen molar-refractivity contribution in [2.24, 2.45) is 0 Å². The average molecular weight is 458 g/mol. The summed E-state index contributed by atoms with van der Waals surface area (Å²) < 4.78 is 9.32. The number of nitrogens with one attached hydrogen (secondary N) is 2. The summed E-state index contributed by atoms with van der Waals surface area (Å²) in [4.78, 5) is 54.4. The van der Waals surface area contributed by atoms with Gasteiger partial charge in [-0.05, 0) is 13.5 Å². The van der Waals surface area contributed by atoms with Gasteiger partial charge in [0, 0.05) is 39.3 Å². The summed E-state index contributed by atoms with van der Waals surface area (Å²) in [6.45, 7) is 6.69. The lowest BCUT2D eigenvalue weighted by Crippen LogP contribution is -2.51. The molecule has 0 bridgehead atoms. The Morgan fingerprint density at radius 1 is 1.00 bits per heavy atom. The van der Waals surface area contributed by atoms with E-state index in [1.54, 1.807) is 4.90 Å². The molecule has 1 atom stereocenters. The van der Waals surface area contributed by atoms with Crippen LogP contribution < -0.4 is 10.6 Å². The molecule has 1 heterocycles. The van der Waals surface area contributed by atoms with Gasteiger partial charge in [-0.2, -0.15) is 0 Å². The summed E-state index contributed by atoms with van der Waals surface area (Å²) in [5.74, 6) is -1.75. The molecule has 1 saturated heterocycles. The first-order valence-electron chi connectivity index (χ1n) is 11.1. The third-order valence-corrected chi connectivity index (χ3v) is 5.39. The van der Waals surface area contributed by atoms with E-state index in [1.807, 2.05) is 6.92 Å². The highest BCUT2D eigenvalue weighted by Crippen LogP contribution is 2.04. The van der Waals surface area contributed by atoms with Crippen LogP contribution in [0.15, 0.2) is 0 Å². The highest BCUT2D eigenvalue weighted by atomic mass is 16.5. The largest absolute Gasteiger partial charge is 0.468 e. The fraction of sp³-hybridized carbons (Fsp3) is 0.810. The van der Waals surface area contributed by atoms with Crippen LogP contribution in [0.3, 0.4) is 0 Å². The second-order valence-corrected chi connectivity index (χ2v) is 7.99. The van der Waals surface area contributed by atoms with Gasteiger partial charge in [0.25, 0.3) is 0 Å². The van der Waals surface area contributed by atoms with Crippen LogP contribution in [0.5, 0.6) is 0 Å². The van der Waals surface area contributed by atoms with Gasteiger partial charge in [-0.15, -0.1) is 0 Å². The number of carbonyl (C=O) groups is 4. The molecule has 0 radical (unpaired) electrons. The third kappa shape index (κ3) is 11.4. The van der Waals surface area contributed by atoms with E-state index in [4.69, 9.17) is 4.74 Å². The van der Waals surface area contributed by atoms with Gasteiger partial charge >= 0.3 is 11.9 Å². The standard InChI is InChI=1S/C21H39N5O6/c1-5-6-7-17(21(30)32-4)23-19(28)16-26(15-18(27)22-14-20(29)31-3)13-12-25-10-8-24(2)9-11-25/h17H,5-16H2,1-4H3,(H,22,27)(H,23,28). The minimum Gasteiger partial charge on any atom is -0.468 e. The Morgan fingerprint density at radius 2 is 1.66 bits per heavy atom. The zero-order valence-corrected chi connectivity index (χ0v) is 19.9. The van der Waals surface area contributed by atoms with E-state index < -0.39 is 18.0 Å². The molecule has 0 spiro atoms. The van der Waals surface area contributed by atoms with Crippen LogP contribution in [-0.2, 0) is 28.7 Å². The molecule has 1 aliphatic heterocycles. The minimum atomic E-state index is -0.708. The number of nitrogens with zero attached hydrogens (tertiary/aromatic N) is 3. The van der Waals surface area contributed by atoms with Crippen molar-refractivity contribution in [2.75, 3.05) is 80.2 Å². The van der Waals surface area contributed by atoms with Crippen LogP contribution in [0.25, 0.3) is 0 Å². The topological polar surface area (TPSA) is 121 Å². The molecule has 2 N–H and O–H groups in total. The van der Waals surface area contributed by atoms with Crippen molar-refractivity contribution in [2.45, 2.75) is 32.2 Å². The Hall–Kier alpha value is -2.24. The smallest absolute Gasteiger partial charge is 0.328 e. The second kappa shape index (κ2) is 15.5. The fourth-order valence-corrected chi connectivity index (χ4v) is 3.31. The molecule has 0 aromatic rings. The summed E-state index contributed by atoms with van der Waals surface area (Å²) in [7, 11) is 4.62. The minimum absolute atomic E-state index is 0.0427. The predicted molar refractivity (Wildman–Crippen MR) is 119 cm³/mol. The molecule has 1 fully saturated rings. The van der Waals surface area contributed by atoms with Crippen molar-refractivity contribution in [3.8, 4) is 0 Å². The van der Waals surface area contributed by atoms with Crippen LogP contribution in [0, 0.1) is 0 Å². The molecule has 0 saturated carbocycles. The fourth-order valence-electron chi connectivity index (χ4n) is 3.31. The predicted octanol–water partition coefficient (Wildman–Crippen LogP) is -1.33. The van der Waals surface area contributed by atoms with E-state index in [0.717, 1.165) is 39.0 Å². The monoisotopic (exact) mass is 457 g/mol. The maximum atomic E-state index is 12.6. The molecule has 11 heteroatoms. The molecular formula is C21H39N5O6. The molecule has 2 amide bonds. The van der Waals surface area contributed by atoms with Gasteiger partial charge in [0.2, 0.25) is 11.8 Å². The zero-order chi connectivity index (χ0) is 23.9. The second-order valence-electron chi connectivity index (χ2n) is 7.99. The van der Waals surface area contributed by atoms with Crippen molar-refractivity contribution >= 4 is 23.8 Å². The van der Waals surface area contributed by atoms with Crippen LogP contribution in [0.4, 0.5) is 0 Å². The molecule has 1 rings (SSSR count). The quantitative estimate of drug-likeness (QED) is 0.306. The maximum Gasteiger partial charge on any atom is 0.328 e. The number of amides is 2. The Kier molecular flexibility index (Phi) is 13.5. The zero-order valence-electron chi connectivity index (χ0n) is 19.9. The highest BCUT2D eigenvalue weighted by molar-refractivity contribution is 5.86. The number of ether oxygens (including phenoxy) is 2. The molecule has 1 aliphatic rings. The Labute approximate surface area is 190 Å². The van der Waals surface area contributed by atoms with Gasteiger partial charge in [0.1, 0.15) is 12.6 Å². The number of methoxy groups -OCH3 is 2. The molecule has 0 aromatic heterocycles. The van der Waals surface area contributed by atoms with E-state index in [9.17, 15) is 19.2 Å². The summed E-state index contributed by atoms with van der Waals surface area (Å²) in [5.41, 5.74) is 0. The number of piperazine rings is 1. The normalized spacial score (nSPS) is 15.8. The average Bonchev–Trinajstić information content (AvgIpc) is 2.78. The first-order valence-corrected chi connectivity index (χ1v) is 11.1.